The highest BCUT2D eigenvalue weighted by Crippen LogP contribution is 2.41. The lowest BCUT2D eigenvalue weighted by atomic mass is 9.87. The summed E-state index contributed by atoms with van der Waals surface area (Å²) in [5.41, 5.74) is 3.60. The molecule has 0 radical (unpaired) electrons. The monoisotopic (exact) mass is 513 g/mol. The zero-order chi connectivity index (χ0) is 26.1. The predicted molar refractivity (Wildman–Crippen MR) is 138 cm³/mol. The molecular formula is C30H31ClF3NO. The third-order valence-corrected chi connectivity index (χ3v) is 6.84. The van der Waals surface area contributed by atoms with Crippen LogP contribution in [-0.4, -0.2) is 17.4 Å². The smallest absolute Gasteiger partial charge is 0.334 e. The lowest BCUT2D eigenvalue weighted by Crippen LogP contribution is -2.32. The highest BCUT2D eigenvalue weighted by atomic mass is 35.5. The van der Waals surface area contributed by atoms with Gasteiger partial charge in [-0.1, -0.05) is 74.8 Å². The Kier molecular flexibility index (Phi) is 7.51. The second-order valence-electron chi connectivity index (χ2n) is 10.7. The van der Waals surface area contributed by atoms with E-state index in [4.69, 9.17) is 11.6 Å². The maximum atomic E-state index is 13.7. The van der Waals surface area contributed by atoms with Crippen LogP contribution in [0.3, 0.4) is 0 Å². The number of hydrogen-bond donors (Lipinski definition) is 0. The summed E-state index contributed by atoms with van der Waals surface area (Å²) < 4.78 is 39.6. The van der Waals surface area contributed by atoms with Crippen LogP contribution in [0.4, 0.5) is 13.2 Å². The number of rotatable bonds is 7. The topological polar surface area (TPSA) is 20.3 Å². The number of alkyl halides is 3. The van der Waals surface area contributed by atoms with Crippen LogP contribution in [0.15, 0.2) is 66.7 Å². The minimum atomic E-state index is -4.40. The first-order chi connectivity index (χ1) is 16.9. The third kappa shape index (κ3) is 6.70. The molecule has 0 N–H and O–H groups in total. The summed E-state index contributed by atoms with van der Waals surface area (Å²) in [5.74, 6) is 0.269. The lowest BCUT2D eigenvalue weighted by molar-refractivity contribution is -0.137. The molecule has 6 heteroatoms. The molecule has 4 rings (SSSR count). The van der Waals surface area contributed by atoms with Gasteiger partial charge in [-0.2, -0.15) is 13.2 Å². The van der Waals surface area contributed by atoms with Gasteiger partial charge in [0.1, 0.15) is 0 Å². The Hall–Kier alpha value is -2.79. The van der Waals surface area contributed by atoms with E-state index in [0.29, 0.717) is 35.0 Å². The number of carbonyl (C=O) groups excluding carboxylic acids is 1. The van der Waals surface area contributed by atoms with Crippen LogP contribution < -0.4 is 0 Å². The maximum absolute atomic E-state index is 13.7. The van der Waals surface area contributed by atoms with Gasteiger partial charge in [0, 0.05) is 23.7 Å². The van der Waals surface area contributed by atoms with Crippen molar-refractivity contribution in [3.63, 3.8) is 0 Å². The normalized spacial score (nSPS) is 14.1. The highest BCUT2D eigenvalue weighted by Gasteiger charge is 2.30. The molecule has 0 aliphatic heterocycles. The van der Waals surface area contributed by atoms with Crippen molar-refractivity contribution in [3.8, 4) is 0 Å². The van der Waals surface area contributed by atoms with Gasteiger partial charge in [0.05, 0.1) is 5.56 Å². The zero-order valence-electron chi connectivity index (χ0n) is 20.8. The average molecular weight is 514 g/mol. The fraction of sp³-hybridized carbons (Fsp3) is 0.367. The maximum Gasteiger partial charge on any atom is 0.416 e. The molecule has 1 fully saturated rings. The summed E-state index contributed by atoms with van der Waals surface area (Å²) in [6.45, 7) is 7.07. The van der Waals surface area contributed by atoms with Gasteiger partial charge in [0.15, 0.2) is 0 Å². The number of nitrogens with zero attached hydrogens (tertiary/aromatic N) is 1. The Morgan fingerprint density at radius 2 is 1.61 bits per heavy atom. The van der Waals surface area contributed by atoms with Crippen molar-refractivity contribution >= 4 is 17.5 Å². The van der Waals surface area contributed by atoms with Crippen molar-refractivity contribution in [2.75, 3.05) is 6.54 Å². The zero-order valence-corrected chi connectivity index (χ0v) is 21.6. The summed E-state index contributed by atoms with van der Waals surface area (Å²) >= 11 is 6.35. The van der Waals surface area contributed by atoms with E-state index in [2.05, 4.69) is 32.9 Å². The number of benzene rings is 3. The van der Waals surface area contributed by atoms with Gasteiger partial charge in [0.25, 0.3) is 5.91 Å². The molecule has 0 saturated heterocycles. The second-order valence-corrected chi connectivity index (χ2v) is 11.1. The second kappa shape index (κ2) is 10.3. The summed E-state index contributed by atoms with van der Waals surface area (Å²) in [5, 5.41) is 0.523. The first kappa shape index (κ1) is 26.3. The molecular weight excluding hydrogens is 483 g/mol. The molecule has 0 bridgehead atoms. The highest BCUT2D eigenvalue weighted by molar-refractivity contribution is 6.31. The van der Waals surface area contributed by atoms with Crippen LogP contribution in [0.5, 0.6) is 0 Å². The summed E-state index contributed by atoms with van der Waals surface area (Å²) in [4.78, 5) is 15.4. The van der Waals surface area contributed by atoms with Crippen molar-refractivity contribution < 1.29 is 18.0 Å². The van der Waals surface area contributed by atoms with E-state index in [0.717, 1.165) is 36.1 Å². The van der Waals surface area contributed by atoms with E-state index in [-0.39, 0.29) is 17.9 Å². The van der Waals surface area contributed by atoms with E-state index in [1.807, 2.05) is 24.3 Å². The molecule has 0 heterocycles. The Labute approximate surface area is 216 Å². The molecule has 0 spiro atoms. The average Bonchev–Trinajstić information content (AvgIpc) is 3.66. The van der Waals surface area contributed by atoms with Crippen LogP contribution in [0.25, 0.3) is 0 Å². The van der Waals surface area contributed by atoms with E-state index in [1.54, 1.807) is 17.0 Å². The van der Waals surface area contributed by atoms with Crippen molar-refractivity contribution in [2.24, 2.45) is 0 Å². The lowest BCUT2D eigenvalue weighted by Gasteiger charge is -2.25. The molecule has 3 aromatic rings. The van der Waals surface area contributed by atoms with Crippen molar-refractivity contribution in [2.45, 2.75) is 64.1 Å². The Bertz CT molecular complexity index is 1220. The largest absolute Gasteiger partial charge is 0.416 e. The summed E-state index contributed by atoms with van der Waals surface area (Å²) in [7, 11) is 0. The summed E-state index contributed by atoms with van der Waals surface area (Å²) in [6, 6.07) is 19.0. The van der Waals surface area contributed by atoms with Gasteiger partial charge in [-0.3, -0.25) is 4.79 Å². The molecule has 36 heavy (non-hydrogen) atoms. The van der Waals surface area contributed by atoms with Crippen molar-refractivity contribution in [1.29, 1.82) is 0 Å². The van der Waals surface area contributed by atoms with Crippen molar-refractivity contribution in [3.05, 3.63) is 105 Å². The van der Waals surface area contributed by atoms with E-state index >= 15 is 0 Å². The number of amides is 1. The van der Waals surface area contributed by atoms with Gasteiger partial charge in [-0.15, -0.1) is 0 Å². The van der Waals surface area contributed by atoms with Gasteiger partial charge >= 0.3 is 6.18 Å². The van der Waals surface area contributed by atoms with Crippen molar-refractivity contribution in [1.82, 2.24) is 4.90 Å². The van der Waals surface area contributed by atoms with E-state index in [1.165, 1.54) is 11.6 Å². The molecule has 0 aromatic heterocycles. The molecule has 1 aliphatic carbocycles. The van der Waals surface area contributed by atoms with Crippen LogP contribution >= 0.6 is 11.6 Å². The minimum absolute atomic E-state index is 0.0114. The fourth-order valence-electron chi connectivity index (χ4n) is 4.32. The van der Waals surface area contributed by atoms with Gasteiger partial charge in [0.2, 0.25) is 0 Å². The molecule has 2 nitrogen and oxygen atoms in total. The minimum Gasteiger partial charge on any atom is -0.334 e. The molecule has 0 atom stereocenters. The van der Waals surface area contributed by atoms with Gasteiger partial charge in [-0.25, -0.2) is 0 Å². The van der Waals surface area contributed by atoms with Gasteiger partial charge in [-0.05, 0) is 77.1 Å². The Morgan fingerprint density at radius 1 is 0.917 bits per heavy atom. The first-order valence-corrected chi connectivity index (χ1v) is 12.6. The SMILES string of the molecule is CC(C)(C)c1ccc(CN(CCc2cccc(C(F)(F)F)c2)C(=O)c2cc(Cl)cc(C3CC3)c2)cc1. The van der Waals surface area contributed by atoms with Crippen LogP contribution in [0.1, 0.15) is 77.7 Å². The Morgan fingerprint density at radius 3 is 2.22 bits per heavy atom. The number of halogens is 4. The number of carbonyl (C=O) groups is 1. The van der Waals surface area contributed by atoms with E-state index in [9.17, 15) is 18.0 Å². The molecule has 1 amide bonds. The Balaban J connectivity index is 1.59. The van der Waals surface area contributed by atoms with Crippen LogP contribution in [-0.2, 0) is 24.6 Å². The third-order valence-electron chi connectivity index (χ3n) is 6.62. The number of hydrogen-bond acceptors (Lipinski definition) is 1. The van der Waals surface area contributed by atoms with Crippen LogP contribution in [0, 0.1) is 0 Å². The molecule has 0 unspecified atom stereocenters. The predicted octanol–water partition coefficient (Wildman–Crippen LogP) is 8.42. The van der Waals surface area contributed by atoms with E-state index < -0.39 is 11.7 Å². The quantitative estimate of drug-likeness (QED) is 0.310. The fourth-order valence-corrected chi connectivity index (χ4v) is 4.56. The summed E-state index contributed by atoms with van der Waals surface area (Å²) in [6.07, 6.45) is -1.91. The van der Waals surface area contributed by atoms with Gasteiger partial charge < -0.3 is 4.90 Å². The molecule has 1 aliphatic rings. The van der Waals surface area contributed by atoms with Crippen LogP contribution in [0.2, 0.25) is 5.02 Å². The molecule has 190 valence electrons. The standard InChI is InChI=1S/C30H31ClF3NO/c1-29(2,3)25-11-7-21(8-12-25)19-35(14-13-20-5-4-6-26(15-20)30(32,33)34)28(36)24-16-23(22-9-10-22)17-27(31)18-24/h4-8,11-12,15-18,22H,9-10,13-14,19H2,1-3H3. The molecule has 3 aromatic carbocycles. The first-order valence-electron chi connectivity index (χ1n) is 12.3. The molecule has 1 saturated carbocycles.